The largest absolute Gasteiger partial charge is 0.393 e. The summed E-state index contributed by atoms with van der Waals surface area (Å²) in [5.74, 6) is 0.540. The van der Waals surface area contributed by atoms with E-state index in [4.69, 9.17) is 0 Å². The molecule has 1 aliphatic rings. The van der Waals surface area contributed by atoms with Crippen molar-refractivity contribution >= 4 is 0 Å². The Bertz CT molecular complexity index is 148. The Balaban J connectivity index is 2.22. The Morgan fingerprint density at radius 2 is 1.85 bits per heavy atom. The van der Waals surface area contributed by atoms with E-state index in [0.717, 1.165) is 25.7 Å². The number of hydrogen-bond acceptors (Lipinski definition) is 2. The Kier molecular flexibility index (Phi) is 3.74. The topological polar surface area (TPSA) is 40.5 Å². The quantitative estimate of drug-likeness (QED) is 0.667. The molecule has 0 aromatic carbocycles. The van der Waals surface area contributed by atoms with Gasteiger partial charge in [0.25, 0.3) is 0 Å². The SMILES string of the molecule is CCC(O)(CC)CCC(O)C1CC1. The second-order valence-electron chi connectivity index (χ2n) is 4.37. The molecule has 2 N–H and O–H groups in total. The van der Waals surface area contributed by atoms with E-state index in [0.29, 0.717) is 5.92 Å². The number of aliphatic hydroxyl groups excluding tert-OH is 1. The van der Waals surface area contributed by atoms with Gasteiger partial charge >= 0.3 is 0 Å². The van der Waals surface area contributed by atoms with Gasteiger partial charge < -0.3 is 10.2 Å². The van der Waals surface area contributed by atoms with Crippen LogP contribution in [-0.2, 0) is 0 Å². The Hall–Kier alpha value is -0.0800. The second-order valence-corrected chi connectivity index (χ2v) is 4.37. The third kappa shape index (κ3) is 3.28. The minimum atomic E-state index is -0.532. The third-order valence-corrected chi connectivity index (χ3v) is 3.39. The molecule has 0 aromatic rings. The summed E-state index contributed by atoms with van der Waals surface area (Å²) in [4.78, 5) is 0. The van der Waals surface area contributed by atoms with Gasteiger partial charge in [-0.25, -0.2) is 0 Å². The van der Waals surface area contributed by atoms with Gasteiger partial charge in [0.15, 0.2) is 0 Å². The van der Waals surface area contributed by atoms with Crippen LogP contribution in [0.5, 0.6) is 0 Å². The Morgan fingerprint density at radius 3 is 2.23 bits per heavy atom. The first-order valence-electron chi connectivity index (χ1n) is 5.51. The van der Waals surface area contributed by atoms with Crippen molar-refractivity contribution in [3.8, 4) is 0 Å². The molecule has 2 nitrogen and oxygen atoms in total. The number of aliphatic hydroxyl groups is 2. The van der Waals surface area contributed by atoms with Crippen molar-refractivity contribution in [2.24, 2.45) is 5.92 Å². The van der Waals surface area contributed by atoms with E-state index in [1.807, 2.05) is 13.8 Å². The molecule has 1 atom stereocenters. The number of rotatable bonds is 6. The van der Waals surface area contributed by atoms with E-state index in [9.17, 15) is 10.2 Å². The van der Waals surface area contributed by atoms with Crippen molar-refractivity contribution in [3.05, 3.63) is 0 Å². The second kappa shape index (κ2) is 4.43. The summed E-state index contributed by atoms with van der Waals surface area (Å²) in [5.41, 5.74) is -0.532. The van der Waals surface area contributed by atoms with Gasteiger partial charge in [-0.3, -0.25) is 0 Å². The van der Waals surface area contributed by atoms with Crippen LogP contribution in [0, 0.1) is 5.92 Å². The number of hydrogen-bond donors (Lipinski definition) is 2. The minimum Gasteiger partial charge on any atom is -0.393 e. The fourth-order valence-electron chi connectivity index (χ4n) is 1.74. The van der Waals surface area contributed by atoms with Gasteiger partial charge in [0, 0.05) is 0 Å². The third-order valence-electron chi connectivity index (χ3n) is 3.39. The lowest BCUT2D eigenvalue weighted by atomic mass is 9.90. The highest BCUT2D eigenvalue weighted by Gasteiger charge is 2.31. The van der Waals surface area contributed by atoms with Crippen molar-refractivity contribution in [3.63, 3.8) is 0 Å². The lowest BCUT2D eigenvalue weighted by Gasteiger charge is -2.26. The normalized spacial score (nSPS) is 20.3. The maximum absolute atomic E-state index is 9.97. The van der Waals surface area contributed by atoms with E-state index < -0.39 is 5.60 Å². The standard InChI is InChI=1S/C11H22O2/c1-3-11(13,4-2)8-7-10(12)9-5-6-9/h9-10,12-13H,3-8H2,1-2H3. The van der Waals surface area contributed by atoms with Crippen molar-refractivity contribution < 1.29 is 10.2 Å². The molecule has 0 radical (unpaired) electrons. The molecule has 0 amide bonds. The first-order valence-corrected chi connectivity index (χ1v) is 5.51. The zero-order chi connectivity index (χ0) is 9.90. The van der Waals surface area contributed by atoms with Crippen molar-refractivity contribution in [2.45, 2.75) is 64.1 Å². The molecule has 2 heteroatoms. The maximum Gasteiger partial charge on any atom is 0.0643 e. The van der Waals surface area contributed by atoms with E-state index >= 15 is 0 Å². The lowest BCUT2D eigenvalue weighted by Crippen LogP contribution is -2.28. The van der Waals surface area contributed by atoms with Gasteiger partial charge in [0.1, 0.15) is 0 Å². The molecule has 0 spiro atoms. The van der Waals surface area contributed by atoms with E-state index in [1.54, 1.807) is 0 Å². The molecule has 0 heterocycles. The smallest absolute Gasteiger partial charge is 0.0643 e. The summed E-state index contributed by atoms with van der Waals surface area (Å²) in [6.45, 7) is 4.01. The fourth-order valence-corrected chi connectivity index (χ4v) is 1.74. The monoisotopic (exact) mass is 186 g/mol. The predicted octanol–water partition coefficient (Wildman–Crippen LogP) is 2.09. The summed E-state index contributed by atoms with van der Waals surface area (Å²) in [6.07, 6.45) is 5.29. The summed E-state index contributed by atoms with van der Waals surface area (Å²) in [6, 6.07) is 0. The molecule has 1 unspecified atom stereocenters. The van der Waals surface area contributed by atoms with Crippen LogP contribution >= 0.6 is 0 Å². The van der Waals surface area contributed by atoms with Gasteiger partial charge in [-0.2, -0.15) is 0 Å². The molecule has 1 rings (SSSR count). The Labute approximate surface area is 81.0 Å². The zero-order valence-electron chi connectivity index (χ0n) is 8.79. The van der Waals surface area contributed by atoms with Crippen LogP contribution in [0.2, 0.25) is 0 Å². The van der Waals surface area contributed by atoms with Gasteiger partial charge in [-0.1, -0.05) is 13.8 Å². The zero-order valence-corrected chi connectivity index (χ0v) is 8.79. The molecule has 1 fully saturated rings. The highest BCUT2D eigenvalue weighted by atomic mass is 16.3. The molecule has 0 aliphatic heterocycles. The molecule has 1 saturated carbocycles. The predicted molar refractivity (Wildman–Crippen MR) is 53.5 cm³/mol. The van der Waals surface area contributed by atoms with Gasteiger partial charge in [-0.15, -0.1) is 0 Å². The van der Waals surface area contributed by atoms with Crippen LogP contribution in [0.3, 0.4) is 0 Å². The van der Waals surface area contributed by atoms with Crippen molar-refractivity contribution in [1.82, 2.24) is 0 Å². The first kappa shape index (κ1) is 11.0. The molecule has 1 aliphatic carbocycles. The molecule has 0 aromatic heterocycles. The van der Waals surface area contributed by atoms with Gasteiger partial charge in [0.05, 0.1) is 11.7 Å². The molecular weight excluding hydrogens is 164 g/mol. The maximum atomic E-state index is 9.97. The molecular formula is C11H22O2. The molecule has 78 valence electrons. The van der Waals surface area contributed by atoms with Crippen LogP contribution in [0.1, 0.15) is 52.4 Å². The molecule has 13 heavy (non-hydrogen) atoms. The van der Waals surface area contributed by atoms with Crippen molar-refractivity contribution in [1.29, 1.82) is 0 Å². The highest BCUT2D eigenvalue weighted by molar-refractivity contribution is 4.84. The van der Waals surface area contributed by atoms with E-state index in [-0.39, 0.29) is 6.10 Å². The van der Waals surface area contributed by atoms with E-state index in [2.05, 4.69) is 0 Å². The van der Waals surface area contributed by atoms with Crippen LogP contribution in [-0.4, -0.2) is 21.9 Å². The van der Waals surface area contributed by atoms with Crippen LogP contribution in [0.25, 0.3) is 0 Å². The highest BCUT2D eigenvalue weighted by Crippen LogP contribution is 2.35. The average Bonchev–Trinajstić information content (AvgIpc) is 2.97. The van der Waals surface area contributed by atoms with Gasteiger partial charge in [-0.05, 0) is 44.4 Å². The summed E-state index contributed by atoms with van der Waals surface area (Å²) < 4.78 is 0. The lowest BCUT2D eigenvalue weighted by molar-refractivity contribution is 0.00601. The molecule has 0 bridgehead atoms. The van der Waals surface area contributed by atoms with Crippen LogP contribution in [0.15, 0.2) is 0 Å². The Morgan fingerprint density at radius 1 is 1.31 bits per heavy atom. The van der Waals surface area contributed by atoms with Crippen molar-refractivity contribution in [2.75, 3.05) is 0 Å². The summed E-state index contributed by atoms with van der Waals surface area (Å²) in [5, 5.41) is 19.6. The van der Waals surface area contributed by atoms with Gasteiger partial charge in [0.2, 0.25) is 0 Å². The van der Waals surface area contributed by atoms with Crippen LogP contribution in [0.4, 0.5) is 0 Å². The molecule has 0 saturated heterocycles. The van der Waals surface area contributed by atoms with E-state index in [1.165, 1.54) is 12.8 Å². The summed E-state index contributed by atoms with van der Waals surface area (Å²) >= 11 is 0. The van der Waals surface area contributed by atoms with Crippen LogP contribution < -0.4 is 0 Å². The summed E-state index contributed by atoms with van der Waals surface area (Å²) in [7, 11) is 0. The first-order chi connectivity index (χ1) is 6.11. The fraction of sp³-hybridized carbons (Fsp3) is 1.00. The minimum absolute atomic E-state index is 0.162. The average molecular weight is 186 g/mol.